The van der Waals surface area contributed by atoms with Crippen LogP contribution in [0.4, 0.5) is 0 Å². The van der Waals surface area contributed by atoms with Gasteiger partial charge in [0.15, 0.2) is 8.32 Å². The lowest BCUT2D eigenvalue weighted by molar-refractivity contribution is 0.00793. The largest absolute Gasteiger partial charge is 0.416 e. The zero-order valence-corrected chi connectivity index (χ0v) is 20.6. The molecule has 156 valence electrons. The van der Waals surface area contributed by atoms with Gasteiger partial charge in [0.25, 0.3) is 10.1 Å². The molecule has 6 heteroatoms. The van der Waals surface area contributed by atoms with E-state index in [2.05, 4.69) is 47.7 Å². The molecule has 27 heavy (non-hydrogen) atoms. The van der Waals surface area contributed by atoms with Gasteiger partial charge < -0.3 is 4.43 Å². The number of aryl methyl sites for hydroxylation is 1. The zero-order chi connectivity index (χ0) is 21.3. The quantitative estimate of drug-likeness (QED) is 0.400. The van der Waals surface area contributed by atoms with Crippen molar-refractivity contribution in [2.24, 2.45) is 10.8 Å². The van der Waals surface area contributed by atoms with Gasteiger partial charge in [0, 0.05) is 6.61 Å². The van der Waals surface area contributed by atoms with Crippen molar-refractivity contribution in [3.63, 3.8) is 0 Å². The number of benzene rings is 1. The summed E-state index contributed by atoms with van der Waals surface area (Å²) < 4.78 is 36.9. The molecule has 1 aromatic carbocycles. The van der Waals surface area contributed by atoms with Gasteiger partial charge >= 0.3 is 0 Å². The number of rotatable bonds is 8. The normalized spacial score (nSPS) is 14.4. The summed E-state index contributed by atoms with van der Waals surface area (Å²) >= 11 is 0. The second-order valence-corrected chi connectivity index (χ2v) is 16.8. The summed E-state index contributed by atoms with van der Waals surface area (Å²) in [5, 5.41) is 0.137. The molecular weight excluding hydrogens is 376 g/mol. The second kappa shape index (κ2) is 7.97. The van der Waals surface area contributed by atoms with E-state index in [0.717, 1.165) is 5.56 Å². The fourth-order valence-corrected chi connectivity index (χ4v) is 4.18. The smallest absolute Gasteiger partial charge is 0.296 e. The lowest BCUT2D eigenvalue weighted by Gasteiger charge is -2.45. The van der Waals surface area contributed by atoms with Crippen LogP contribution in [0.25, 0.3) is 0 Å². The van der Waals surface area contributed by atoms with Crippen LogP contribution in [0, 0.1) is 17.8 Å². The van der Waals surface area contributed by atoms with Crippen molar-refractivity contribution in [3.8, 4) is 0 Å². The molecule has 0 unspecified atom stereocenters. The van der Waals surface area contributed by atoms with Crippen molar-refractivity contribution >= 4 is 18.4 Å². The Hall–Kier alpha value is -0.693. The van der Waals surface area contributed by atoms with E-state index in [9.17, 15) is 8.42 Å². The van der Waals surface area contributed by atoms with E-state index in [-0.39, 0.29) is 27.4 Å². The standard InChI is InChI=1S/C21H38O4SSi/c1-17-11-13-18(14-12-17)26(22,23)24-15-20(5,6)21(7,8)16-25-27(9,10)19(2,3)4/h11-14H,15-16H2,1-10H3. The average Bonchev–Trinajstić information content (AvgIpc) is 2.51. The molecule has 0 radical (unpaired) electrons. The molecule has 1 rings (SSSR count). The predicted molar refractivity (Wildman–Crippen MR) is 115 cm³/mol. The molecular formula is C21H38O4SSi. The summed E-state index contributed by atoms with van der Waals surface area (Å²) in [7, 11) is -5.64. The van der Waals surface area contributed by atoms with Gasteiger partial charge in [-0.3, -0.25) is 4.18 Å². The van der Waals surface area contributed by atoms with Gasteiger partial charge in [-0.15, -0.1) is 0 Å². The van der Waals surface area contributed by atoms with Crippen LogP contribution in [0.3, 0.4) is 0 Å². The van der Waals surface area contributed by atoms with Crippen LogP contribution in [-0.2, 0) is 18.7 Å². The van der Waals surface area contributed by atoms with Gasteiger partial charge in [-0.1, -0.05) is 66.2 Å². The van der Waals surface area contributed by atoms with Gasteiger partial charge in [0.1, 0.15) is 0 Å². The third-order valence-corrected chi connectivity index (χ3v) is 12.1. The summed E-state index contributed by atoms with van der Waals surface area (Å²) in [5.74, 6) is 0. The van der Waals surface area contributed by atoms with Crippen molar-refractivity contribution in [1.82, 2.24) is 0 Å². The first-order valence-electron chi connectivity index (χ1n) is 9.51. The first-order chi connectivity index (χ1) is 11.9. The Morgan fingerprint density at radius 3 is 1.74 bits per heavy atom. The van der Waals surface area contributed by atoms with Gasteiger partial charge in [-0.05, 0) is 48.0 Å². The SMILES string of the molecule is Cc1ccc(S(=O)(=O)OCC(C)(C)C(C)(C)CO[Si](C)(C)C(C)(C)C)cc1. The highest BCUT2D eigenvalue weighted by Crippen LogP contribution is 2.43. The second-order valence-electron chi connectivity index (χ2n) is 10.3. The Bertz CT molecular complexity index is 726. The molecule has 0 N–H and O–H groups in total. The molecule has 0 spiro atoms. The number of hydrogen-bond donors (Lipinski definition) is 0. The minimum absolute atomic E-state index is 0.108. The maximum Gasteiger partial charge on any atom is 0.296 e. The third kappa shape index (κ3) is 6.14. The molecule has 0 aliphatic heterocycles. The van der Waals surface area contributed by atoms with E-state index in [0.29, 0.717) is 6.61 Å². The summed E-state index contributed by atoms with van der Waals surface area (Å²) in [6.45, 7) is 22.0. The molecule has 0 aliphatic carbocycles. The van der Waals surface area contributed by atoms with Crippen molar-refractivity contribution < 1.29 is 17.0 Å². The molecule has 4 nitrogen and oxygen atoms in total. The predicted octanol–water partition coefficient (Wildman–Crippen LogP) is 5.77. The molecule has 0 fully saturated rings. The Morgan fingerprint density at radius 2 is 1.30 bits per heavy atom. The topological polar surface area (TPSA) is 52.6 Å². The van der Waals surface area contributed by atoms with Gasteiger partial charge in [0.2, 0.25) is 0 Å². The van der Waals surface area contributed by atoms with E-state index in [1.165, 1.54) is 0 Å². The van der Waals surface area contributed by atoms with Crippen LogP contribution in [0.5, 0.6) is 0 Å². The highest BCUT2D eigenvalue weighted by atomic mass is 32.2. The minimum Gasteiger partial charge on any atom is -0.416 e. The lowest BCUT2D eigenvalue weighted by atomic mass is 9.69. The van der Waals surface area contributed by atoms with Crippen LogP contribution < -0.4 is 0 Å². The van der Waals surface area contributed by atoms with E-state index in [1.54, 1.807) is 24.3 Å². The van der Waals surface area contributed by atoms with Crippen LogP contribution in [0.2, 0.25) is 18.1 Å². The minimum atomic E-state index is -3.77. The van der Waals surface area contributed by atoms with Gasteiger partial charge in [0.05, 0.1) is 11.5 Å². The molecule has 0 saturated carbocycles. The molecule has 1 aromatic rings. The molecule has 0 heterocycles. The summed E-state index contributed by atoms with van der Waals surface area (Å²) in [6.07, 6.45) is 0. The summed E-state index contributed by atoms with van der Waals surface area (Å²) in [4.78, 5) is 0.194. The Balaban J connectivity index is 2.84. The van der Waals surface area contributed by atoms with Crippen molar-refractivity contribution in [2.75, 3.05) is 13.2 Å². The van der Waals surface area contributed by atoms with E-state index >= 15 is 0 Å². The molecule has 0 atom stereocenters. The average molecular weight is 415 g/mol. The first-order valence-corrected chi connectivity index (χ1v) is 13.8. The van der Waals surface area contributed by atoms with E-state index in [1.807, 2.05) is 20.8 Å². The highest BCUT2D eigenvalue weighted by molar-refractivity contribution is 7.86. The van der Waals surface area contributed by atoms with Crippen LogP contribution in [-0.4, -0.2) is 29.9 Å². The Morgan fingerprint density at radius 1 is 0.852 bits per heavy atom. The molecule has 0 saturated heterocycles. The molecule has 0 bridgehead atoms. The van der Waals surface area contributed by atoms with Crippen LogP contribution in [0.1, 0.15) is 54.0 Å². The zero-order valence-electron chi connectivity index (χ0n) is 18.8. The maximum atomic E-state index is 12.5. The fraction of sp³-hybridized carbons (Fsp3) is 0.714. The van der Waals surface area contributed by atoms with Crippen molar-refractivity contribution in [2.45, 2.75) is 78.4 Å². The summed E-state index contributed by atoms with van der Waals surface area (Å²) in [5.41, 5.74) is 0.386. The van der Waals surface area contributed by atoms with Crippen molar-refractivity contribution in [3.05, 3.63) is 29.8 Å². The lowest BCUT2D eigenvalue weighted by Crippen LogP contribution is -2.47. The monoisotopic (exact) mass is 414 g/mol. The van der Waals surface area contributed by atoms with Gasteiger partial charge in [-0.25, -0.2) is 0 Å². The maximum absolute atomic E-state index is 12.5. The molecule has 0 amide bonds. The highest BCUT2D eigenvalue weighted by Gasteiger charge is 2.43. The third-order valence-electron chi connectivity index (χ3n) is 6.32. The van der Waals surface area contributed by atoms with Crippen molar-refractivity contribution in [1.29, 1.82) is 0 Å². The van der Waals surface area contributed by atoms with Gasteiger partial charge in [-0.2, -0.15) is 8.42 Å². The van der Waals surface area contributed by atoms with Crippen LogP contribution in [0.15, 0.2) is 29.2 Å². The van der Waals surface area contributed by atoms with E-state index in [4.69, 9.17) is 8.61 Å². The molecule has 0 aromatic heterocycles. The number of hydrogen-bond acceptors (Lipinski definition) is 4. The Labute approximate surface area is 167 Å². The summed E-state index contributed by atoms with van der Waals surface area (Å²) in [6, 6.07) is 6.73. The molecule has 0 aliphatic rings. The van der Waals surface area contributed by atoms with E-state index < -0.39 is 18.4 Å². The Kier molecular flexibility index (Phi) is 7.19. The first kappa shape index (κ1) is 24.3. The van der Waals surface area contributed by atoms with Crippen LogP contribution >= 0.6 is 0 Å². The fourth-order valence-electron chi connectivity index (χ4n) is 1.97.